The molecule has 0 atom stereocenters. The first kappa shape index (κ1) is 18.8. The van der Waals surface area contributed by atoms with Gasteiger partial charge in [0.05, 0.1) is 0 Å². The Morgan fingerprint density at radius 2 is 1.10 bits per heavy atom. The molecule has 5 heteroatoms. The Labute approximate surface area is 132 Å². The second-order valence-corrected chi connectivity index (χ2v) is 6.60. The first-order valence-electron chi connectivity index (χ1n) is 8.60. The molecule has 0 aromatic carbocycles. The molecule has 0 unspecified atom stereocenters. The molecule has 0 aliphatic carbocycles. The van der Waals surface area contributed by atoms with Gasteiger partial charge in [-0.15, -0.1) is 0 Å². The van der Waals surface area contributed by atoms with Crippen LogP contribution in [0.2, 0.25) is 0 Å². The van der Waals surface area contributed by atoms with E-state index >= 15 is 0 Å². The third-order valence-corrected chi connectivity index (χ3v) is 4.43. The van der Waals surface area contributed by atoms with Crippen LogP contribution in [-0.2, 0) is 0 Å². The van der Waals surface area contributed by atoms with Gasteiger partial charge in [0.1, 0.15) is 0 Å². The Morgan fingerprint density at radius 1 is 0.667 bits per heavy atom. The highest BCUT2D eigenvalue weighted by Crippen LogP contribution is 2.00. The quantitative estimate of drug-likeness (QED) is 0.807. The smallest absolute Gasteiger partial charge is 0.0107 e. The molecule has 1 fully saturated rings. The summed E-state index contributed by atoms with van der Waals surface area (Å²) in [5.74, 6) is 0. The van der Waals surface area contributed by atoms with Gasteiger partial charge in [-0.1, -0.05) is 0 Å². The van der Waals surface area contributed by atoms with E-state index in [1.807, 2.05) is 0 Å². The zero-order chi connectivity index (χ0) is 15.5. The molecule has 0 amide bonds. The van der Waals surface area contributed by atoms with Crippen molar-refractivity contribution >= 4 is 0 Å². The van der Waals surface area contributed by atoms with Gasteiger partial charge in [0.15, 0.2) is 0 Å². The van der Waals surface area contributed by atoms with Crippen LogP contribution in [0.4, 0.5) is 0 Å². The topological polar surface area (TPSA) is 39.0 Å². The van der Waals surface area contributed by atoms with Crippen molar-refractivity contribution in [1.82, 2.24) is 19.6 Å². The number of hydrogen-bond donors (Lipinski definition) is 1. The van der Waals surface area contributed by atoms with Crippen molar-refractivity contribution < 1.29 is 0 Å². The summed E-state index contributed by atoms with van der Waals surface area (Å²) in [5, 5.41) is 0. The first-order valence-corrected chi connectivity index (χ1v) is 8.60. The van der Waals surface area contributed by atoms with Gasteiger partial charge in [-0.25, -0.2) is 0 Å². The highest BCUT2D eigenvalue weighted by Gasteiger charge is 2.09. The van der Waals surface area contributed by atoms with E-state index in [-0.39, 0.29) is 0 Å². The molecule has 1 aliphatic heterocycles. The molecule has 5 nitrogen and oxygen atoms in total. The van der Waals surface area contributed by atoms with Crippen molar-refractivity contribution in [1.29, 1.82) is 0 Å². The lowest BCUT2D eigenvalue weighted by molar-refractivity contribution is 0.192. The molecule has 0 spiro atoms. The van der Waals surface area contributed by atoms with Gasteiger partial charge in [0.25, 0.3) is 0 Å². The lowest BCUT2D eigenvalue weighted by atomic mass is 10.2. The molecule has 2 N–H and O–H groups in total. The van der Waals surface area contributed by atoms with Gasteiger partial charge in [-0.05, 0) is 79.7 Å². The van der Waals surface area contributed by atoms with Gasteiger partial charge >= 0.3 is 0 Å². The van der Waals surface area contributed by atoms with Crippen molar-refractivity contribution in [2.24, 2.45) is 5.73 Å². The van der Waals surface area contributed by atoms with Crippen LogP contribution in [-0.4, -0.2) is 106 Å². The van der Waals surface area contributed by atoms with Crippen LogP contribution >= 0.6 is 0 Å². The summed E-state index contributed by atoms with van der Waals surface area (Å²) < 4.78 is 0. The Hall–Kier alpha value is -0.200. The van der Waals surface area contributed by atoms with E-state index in [1.54, 1.807) is 0 Å². The SMILES string of the molecule is CN1CCCN(CCCN)CCCN(C)CCN(C)CC1. The average molecular weight is 300 g/mol. The van der Waals surface area contributed by atoms with Crippen molar-refractivity contribution in [2.75, 3.05) is 86.6 Å². The molecule has 0 aromatic rings. The zero-order valence-corrected chi connectivity index (χ0v) is 14.6. The number of likely N-dealkylation sites (N-methyl/N-ethyl adjacent to an activating group) is 3. The fourth-order valence-electron chi connectivity index (χ4n) is 2.80. The predicted octanol–water partition coefficient (Wildman–Crippen LogP) is 0.226. The minimum absolute atomic E-state index is 0.808. The van der Waals surface area contributed by atoms with Crippen LogP contribution in [0.1, 0.15) is 19.3 Å². The van der Waals surface area contributed by atoms with Crippen LogP contribution in [0.15, 0.2) is 0 Å². The molecular formula is C16H37N5. The Bertz CT molecular complexity index is 229. The van der Waals surface area contributed by atoms with Gasteiger partial charge in [-0.2, -0.15) is 0 Å². The number of hydrogen-bond acceptors (Lipinski definition) is 5. The number of nitrogens with two attached hydrogens (primary N) is 1. The summed E-state index contributed by atoms with van der Waals surface area (Å²) in [5.41, 5.74) is 5.66. The molecule has 126 valence electrons. The van der Waals surface area contributed by atoms with E-state index in [0.717, 1.165) is 19.5 Å². The summed E-state index contributed by atoms with van der Waals surface area (Å²) in [6.07, 6.45) is 3.65. The van der Waals surface area contributed by atoms with E-state index in [0.29, 0.717) is 0 Å². The van der Waals surface area contributed by atoms with E-state index in [4.69, 9.17) is 5.73 Å². The summed E-state index contributed by atoms with van der Waals surface area (Å²) in [7, 11) is 6.73. The second-order valence-electron chi connectivity index (χ2n) is 6.60. The normalized spacial score (nSPS) is 24.0. The standard InChI is InChI=1S/C16H37N5/c1-18-8-5-11-21(10-4-7-17)12-6-9-19(2)14-16-20(3)15-13-18/h4-17H2,1-3H3. The number of nitrogens with zero attached hydrogens (tertiary/aromatic N) is 4. The van der Waals surface area contributed by atoms with E-state index in [2.05, 4.69) is 40.7 Å². The molecule has 0 saturated carbocycles. The van der Waals surface area contributed by atoms with Crippen molar-refractivity contribution in [2.45, 2.75) is 19.3 Å². The fraction of sp³-hybridized carbons (Fsp3) is 1.00. The minimum Gasteiger partial charge on any atom is -0.330 e. The lowest BCUT2D eigenvalue weighted by Gasteiger charge is -2.28. The summed E-state index contributed by atoms with van der Waals surface area (Å²) in [6.45, 7) is 11.5. The Morgan fingerprint density at radius 3 is 1.52 bits per heavy atom. The molecule has 1 rings (SSSR count). The van der Waals surface area contributed by atoms with Crippen LogP contribution < -0.4 is 5.73 Å². The Balaban J connectivity index is 2.43. The van der Waals surface area contributed by atoms with Gasteiger partial charge in [-0.3, -0.25) is 0 Å². The molecule has 0 bridgehead atoms. The molecule has 0 aromatic heterocycles. The maximum Gasteiger partial charge on any atom is 0.0107 e. The molecular weight excluding hydrogens is 262 g/mol. The molecule has 1 heterocycles. The highest BCUT2D eigenvalue weighted by atomic mass is 15.2. The highest BCUT2D eigenvalue weighted by molar-refractivity contribution is 4.66. The summed E-state index contributed by atoms with van der Waals surface area (Å²) in [4.78, 5) is 9.99. The van der Waals surface area contributed by atoms with Crippen LogP contribution in [0.3, 0.4) is 0 Å². The van der Waals surface area contributed by atoms with Crippen LogP contribution in [0.5, 0.6) is 0 Å². The maximum atomic E-state index is 5.66. The first-order chi connectivity index (χ1) is 10.1. The molecule has 1 aliphatic rings. The van der Waals surface area contributed by atoms with E-state index in [1.165, 1.54) is 65.2 Å². The van der Waals surface area contributed by atoms with Gasteiger partial charge in [0.2, 0.25) is 0 Å². The third-order valence-electron chi connectivity index (χ3n) is 4.43. The average Bonchev–Trinajstić information content (AvgIpc) is 2.47. The third kappa shape index (κ3) is 9.42. The van der Waals surface area contributed by atoms with Crippen LogP contribution in [0.25, 0.3) is 0 Å². The van der Waals surface area contributed by atoms with E-state index in [9.17, 15) is 0 Å². The molecule has 1 saturated heterocycles. The van der Waals surface area contributed by atoms with Crippen molar-refractivity contribution in [3.05, 3.63) is 0 Å². The monoisotopic (exact) mass is 299 g/mol. The van der Waals surface area contributed by atoms with Gasteiger partial charge < -0.3 is 25.3 Å². The van der Waals surface area contributed by atoms with E-state index < -0.39 is 0 Å². The second kappa shape index (κ2) is 11.4. The van der Waals surface area contributed by atoms with Gasteiger partial charge in [0, 0.05) is 26.2 Å². The Kier molecular flexibility index (Phi) is 10.2. The lowest BCUT2D eigenvalue weighted by Crippen LogP contribution is -2.38. The number of rotatable bonds is 3. The fourth-order valence-corrected chi connectivity index (χ4v) is 2.80. The zero-order valence-electron chi connectivity index (χ0n) is 14.6. The van der Waals surface area contributed by atoms with Crippen molar-refractivity contribution in [3.63, 3.8) is 0 Å². The van der Waals surface area contributed by atoms with Crippen molar-refractivity contribution in [3.8, 4) is 0 Å². The van der Waals surface area contributed by atoms with Crippen LogP contribution in [0, 0.1) is 0 Å². The minimum atomic E-state index is 0.808. The summed E-state index contributed by atoms with van der Waals surface area (Å²) >= 11 is 0. The predicted molar refractivity (Wildman–Crippen MR) is 91.8 cm³/mol. The maximum absolute atomic E-state index is 5.66. The molecule has 0 radical (unpaired) electrons. The summed E-state index contributed by atoms with van der Waals surface area (Å²) in [6, 6.07) is 0. The largest absolute Gasteiger partial charge is 0.330 e. The molecule has 21 heavy (non-hydrogen) atoms.